The number of anilines is 2. The standard InChI is InChI=1S/C51H68N5O12P.C42H52N4O8.C6H16NO3P/c1-8-47(61)27-33-28-50(45(59)52-20-24-69(63,66-10-3)67-11-4,41-35(17-22-54(29-33)30-47)34-15-12-13-16-38(34)53-41)37-25-36-39(26-40(37)64-6)56(31-57)43-49(36)19-23-55-21-14-18-48(9-2,42(49)55)44(68-32(5)58)51(43,62)46(60)65-7;1-5-38(52)20-24-21-41(36(48)49,32-26(12-16-45(22-24)23-38)25-10-7-8-11-29(25)43-32)28-18-27-30(19-31(28)54-4)44(3)34-40(27)14-17-46-15-9-13-39(6-2,33(40)46)35(47)42(34,53)37(50)51;1-3-9-11(8,6-5-7)10-4-2/h12-16,18,25-26,31,33,42-44,53,61-62H,8-11,17,19-24,27-30H2,1-7H3,(H,52,59);7-11,13,18-19,24,33-35,43,47,52-53H,5-6,12,14-17,20-23H2,1-4H3,(H,48,49)(H,50,51);3-7H2,1-2H3/t33-,42-,43+,44+,47-,48+,49+,50-,51-;24-,33-,34+,35+,38-,39+,40+,41-,42-;/m00./s1. The number of hydrogen-bond acceptors (Lipinski definition) is 27. The van der Waals surface area contributed by atoms with Gasteiger partial charge in [0.05, 0.1) is 89.1 Å². The number of carboxylic acid groups (broad SMARTS) is 2. The van der Waals surface area contributed by atoms with E-state index in [2.05, 4.69) is 34.9 Å². The molecule has 33 nitrogen and oxygen atoms in total. The first-order valence-corrected chi connectivity index (χ1v) is 51.4. The molecule has 2 aromatic heterocycles. The summed E-state index contributed by atoms with van der Waals surface area (Å²) >= 11 is 0. The molecule has 134 heavy (non-hydrogen) atoms. The number of ether oxygens (including phenoxy) is 4. The molecule has 6 fully saturated rings. The summed E-state index contributed by atoms with van der Waals surface area (Å²) < 4.78 is 70.8. The van der Waals surface area contributed by atoms with E-state index in [-0.39, 0.29) is 62.4 Å². The number of nitrogens with one attached hydrogen (secondary N) is 3. The van der Waals surface area contributed by atoms with Gasteiger partial charge < -0.3 is 104 Å². The number of methoxy groups -OCH3 is 3. The number of nitrogens with zero attached hydrogens (tertiary/aromatic N) is 6. The number of benzene rings is 4. The Balaban J connectivity index is 0.000000179. The number of likely N-dealkylation sites (N-methyl/N-ethyl adjacent to an activating group) is 1. The quantitative estimate of drug-likeness (QED) is 0.00990. The van der Waals surface area contributed by atoms with Crippen LogP contribution in [0.4, 0.5) is 11.4 Å². The van der Waals surface area contributed by atoms with Gasteiger partial charge in [-0.3, -0.25) is 47.9 Å². The molecule has 2 amide bonds. The number of amides is 2. The lowest BCUT2D eigenvalue weighted by Crippen LogP contribution is -2.81. The van der Waals surface area contributed by atoms with Crippen LogP contribution in [0.3, 0.4) is 0 Å². The number of nitrogens with two attached hydrogens (primary N) is 1. The molecule has 12 aliphatic rings. The first kappa shape index (κ1) is 98.6. The molecule has 4 bridgehead atoms. The SMILES string of the molecule is CCOP(=O)(CCN)OCC.CCOP(=O)(CCNC(=O)[C@]1(c2cc3c(cc2OC)N(C=O)[C@H]2[C@@](O)(C(=O)OC)[C@H](OC(C)=O)[C@]4(CC)C=CCN5CC[C@]32[C@@H]54)C[C@H]2CN(CCc3c1[nH]c1ccccc31)C[C@](O)(CC)C2)OCC.CC[C@]1(O)C[C@@H]2CN(CCc3c([nH]c4ccccc34)[C@@](C(=O)O)(c3cc4c(cc3OC)N(C)[C@H]3[C@@](O)(C(=O)O)[C@H](O)[C@]5(CC)C=CCN6CC[C@]43[C@@H]65)C2)C1. The van der Waals surface area contributed by atoms with Crippen LogP contribution in [0.15, 0.2) is 97.1 Å². The summed E-state index contributed by atoms with van der Waals surface area (Å²) in [6, 6.07) is 20.1. The molecule has 2 unspecified atom stereocenters. The van der Waals surface area contributed by atoms with E-state index in [1.54, 1.807) is 45.7 Å². The highest BCUT2D eigenvalue weighted by Gasteiger charge is 2.82. The molecule has 6 aromatic rings. The number of aromatic nitrogens is 2. The second kappa shape index (κ2) is 37.0. The molecule has 20 atom stereocenters. The summed E-state index contributed by atoms with van der Waals surface area (Å²) in [5.41, 5.74) is -1.44. The highest BCUT2D eigenvalue weighted by molar-refractivity contribution is 7.54. The van der Waals surface area contributed by atoms with Crippen molar-refractivity contribution < 1.29 is 111 Å². The zero-order valence-electron chi connectivity index (χ0n) is 79.5. The van der Waals surface area contributed by atoms with E-state index in [0.29, 0.717) is 207 Å². The zero-order chi connectivity index (χ0) is 96.2. The van der Waals surface area contributed by atoms with Gasteiger partial charge in [0.1, 0.15) is 28.4 Å². The number of H-pyrrole nitrogens is 2. The maximum Gasteiger partial charge on any atom is 0.344 e. The van der Waals surface area contributed by atoms with Gasteiger partial charge in [-0.1, -0.05) is 88.4 Å². The largest absolute Gasteiger partial charge is 0.496 e. The first-order chi connectivity index (χ1) is 64.0. The van der Waals surface area contributed by atoms with Gasteiger partial charge in [-0.25, -0.2) is 9.59 Å². The average Bonchev–Trinajstić information content (AvgIpc) is 1.48. The van der Waals surface area contributed by atoms with E-state index in [1.165, 1.54) is 33.2 Å². The van der Waals surface area contributed by atoms with Crippen molar-refractivity contribution in [3.8, 4) is 11.5 Å². The Labute approximate surface area is 783 Å². The fraction of sp³-hybridized carbons (Fsp3) is 0.616. The van der Waals surface area contributed by atoms with Crippen molar-refractivity contribution in [3.63, 3.8) is 0 Å². The molecule has 35 heteroatoms. The number of esters is 2. The van der Waals surface area contributed by atoms with Crippen LogP contribution in [0.25, 0.3) is 21.8 Å². The third-order valence-electron chi connectivity index (χ3n) is 32.7. The minimum absolute atomic E-state index is 0.0621. The van der Waals surface area contributed by atoms with E-state index < -0.39 is 130 Å². The van der Waals surface area contributed by atoms with Crippen molar-refractivity contribution in [2.75, 3.05) is 155 Å². The van der Waals surface area contributed by atoms with E-state index >= 15 is 4.79 Å². The number of rotatable bonds is 27. The zero-order valence-corrected chi connectivity index (χ0v) is 81.3. The number of aliphatic carboxylic acids is 2. The van der Waals surface area contributed by atoms with Gasteiger partial charge in [0.2, 0.25) is 23.5 Å². The summed E-state index contributed by atoms with van der Waals surface area (Å²) in [6.07, 6.45) is 10.7. The summed E-state index contributed by atoms with van der Waals surface area (Å²) in [5, 5.41) is 90.1. The van der Waals surface area contributed by atoms with Gasteiger partial charge in [-0.05, 0) is 176 Å². The van der Waals surface area contributed by atoms with Crippen LogP contribution in [0.2, 0.25) is 0 Å². The minimum atomic E-state index is -3.61. The lowest BCUT2D eigenvalue weighted by Gasteiger charge is -2.63. The molecule has 0 radical (unpaired) electrons. The van der Waals surface area contributed by atoms with Crippen LogP contribution in [0, 0.1) is 22.7 Å². The van der Waals surface area contributed by atoms with Crippen molar-refractivity contribution >= 4 is 84.6 Å². The number of carbonyl (C=O) groups is 6. The molecule has 12 heterocycles. The smallest absolute Gasteiger partial charge is 0.344 e. The molecule has 730 valence electrons. The number of aliphatic hydroxyl groups is 5. The van der Waals surface area contributed by atoms with Gasteiger partial charge >= 0.3 is 39.1 Å². The number of aliphatic hydroxyl groups excluding tert-OH is 1. The molecular formula is C99H136N10O23P2. The predicted octanol–water partition coefficient (Wildman–Crippen LogP) is 9.18. The third-order valence-corrected chi connectivity index (χ3v) is 36.9. The Morgan fingerprint density at radius 1 is 0.575 bits per heavy atom. The number of para-hydroxylation sites is 2. The molecule has 4 saturated heterocycles. The molecule has 12 N–H and O–H groups in total. The van der Waals surface area contributed by atoms with Gasteiger partial charge in [0, 0.05) is 175 Å². The summed E-state index contributed by atoms with van der Waals surface area (Å²) in [5.74, 6) is -4.49. The predicted molar refractivity (Wildman–Crippen MR) is 504 cm³/mol. The summed E-state index contributed by atoms with van der Waals surface area (Å²) in [4.78, 5) is 106. The van der Waals surface area contributed by atoms with Crippen LogP contribution in [-0.2, 0) is 100.0 Å². The highest BCUT2D eigenvalue weighted by atomic mass is 31.2. The van der Waals surface area contributed by atoms with Gasteiger partial charge in [-0.15, -0.1) is 0 Å². The van der Waals surface area contributed by atoms with Crippen LogP contribution >= 0.6 is 15.2 Å². The fourth-order valence-corrected chi connectivity index (χ4v) is 30.8. The van der Waals surface area contributed by atoms with E-state index in [1.807, 2.05) is 119 Å². The highest BCUT2D eigenvalue weighted by Crippen LogP contribution is 2.71. The Morgan fingerprint density at radius 2 is 1.04 bits per heavy atom. The number of carboxylic acids is 2. The van der Waals surface area contributed by atoms with Gasteiger partial charge in [0.15, 0.2) is 6.10 Å². The Morgan fingerprint density at radius 3 is 1.51 bits per heavy atom. The van der Waals surface area contributed by atoms with Crippen LogP contribution in [0.1, 0.15) is 171 Å². The monoisotopic (exact) mass is 1890 g/mol. The van der Waals surface area contributed by atoms with Crippen LogP contribution in [-0.4, -0.2) is 306 Å². The van der Waals surface area contributed by atoms with E-state index in [0.717, 1.165) is 38.5 Å². The number of hydrogen-bond donors (Lipinski definition) is 11. The van der Waals surface area contributed by atoms with Gasteiger partial charge in [0.25, 0.3) is 0 Å². The van der Waals surface area contributed by atoms with Crippen molar-refractivity contribution in [3.05, 3.63) is 142 Å². The van der Waals surface area contributed by atoms with E-state index in [4.69, 9.17) is 42.8 Å². The molecular weight excluding hydrogens is 1760 g/mol. The normalized spacial score (nSPS) is 34.2. The molecule has 10 aliphatic heterocycles. The maximum atomic E-state index is 16.3. The first-order valence-electron chi connectivity index (χ1n) is 47.9. The fourth-order valence-electron chi connectivity index (χ4n) is 27.8. The molecule has 18 rings (SSSR count). The lowest BCUT2D eigenvalue weighted by atomic mass is 9.47. The Kier molecular flexibility index (Phi) is 27.3. The van der Waals surface area contributed by atoms with Crippen LogP contribution < -0.4 is 30.3 Å². The second-order valence-corrected chi connectivity index (χ2v) is 43.6. The van der Waals surface area contributed by atoms with Crippen LogP contribution in [0.5, 0.6) is 11.5 Å². The summed E-state index contributed by atoms with van der Waals surface area (Å²) in [6.45, 7) is 23.3. The Bertz CT molecular complexity index is 5640. The topological polar surface area (TPSA) is 441 Å². The van der Waals surface area contributed by atoms with Crippen molar-refractivity contribution in [2.24, 2.45) is 28.4 Å². The average molecular weight is 1900 g/mol. The maximum absolute atomic E-state index is 16.3. The molecule has 2 saturated carbocycles. The third kappa shape index (κ3) is 15.1. The number of aromatic amines is 2. The van der Waals surface area contributed by atoms with Crippen molar-refractivity contribution in [1.82, 2.24) is 34.9 Å². The van der Waals surface area contributed by atoms with Crippen molar-refractivity contribution in [1.29, 1.82) is 0 Å². The number of piperidine rings is 2. The summed E-state index contributed by atoms with van der Waals surface area (Å²) in [7, 11) is -0.482. The number of carbonyl (C=O) groups excluding carboxylic acids is 4. The van der Waals surface area contributed by atoms with Gasteiger partial charge in [-0.2, -0.15) is 0 Å². The Hall–Kier alpha value is -8.44. The second-order valence-electron chi connectivity index (χ2n) is 39.2. The molecule has 2 aliphatic carbocycles. The van der Waals surface area contributed by atoms with Crippen molar-refractivity contribution in [2.45, 2.75) is 220 Å². The van der Waals surface area contributed by atoms with E-state index in [9.17, 15) is 68.8 Å². The minimum Gasteiger partial charge on any atom is -0.496 e. The lowest BCUT2D eigenvalue weighted by molar-refractivity contribution is -0.228. The molecule has 4 aromatic carbocycles. The number of fused-ring (bicyclic) bond motifs is 12. The molecule has 2 spiro atoms.